The minimum Gasteiger partial charge on any atom is -0.467 e. The van der Waals surface area contributed by atoms with Crippen LogP contribution in [0.3, 0.4) is 0 Å². The minimum atomic E-state index is -3.57. The summed E-state index contributed by atoms with van der Waals surface area (Å²) in [5.41, 5.74) is 1.01. The number of carbonyl (C=O) groups is 1. The van der Waals surface area contributed by atoms with Gasteiger partial charge in [0.15, 0.2) is 0 Å². The molecule has 134 valence electrons. The minimum absolute atomic E-state index is 0.139. The maximum atomic E-state index is 12.8. The fourth-order valence-corrected chi connectivity index (χ4v) is 4.49. The van der Waals surface area contributed by atoms with E-state index in [-0.39, 0.29) is 23.3 Å². The number of carbonyl (C=O) groups excluding carboxylic acids is 1. The average molecular weight is 362 g/mol. The molecule has 2 aromatic rings. The molecule has 0 spiro atoms. The summed E-state index contributed by atoms with van der Waals surface area (Å²) in [6.45, 7) is 2.88. The SMILES string of the molecule is Cc1ccc(S(=O)(=O)N2CCC[C@@H](C(=O)NCc3ccco3)C2)cc1. The normalized spacial score (nSPS) is 18.8. The fourth-order valence-electron chi connectivity index (χ4n) is 2.97. The van der Waals surface area contributed by atoms with Crippen molar-refractivity contribution in [3.8, 4) is 0 Å². The Morgan fingerprint density at radius 3 is 2.72 bits per heavy atom. The molecule has 1 fully saturated rings. The second-order valence-corrected chi connectivity index (χ2v) is 8.25. The van der Waals surface area contributed by atoms with Gasteiger partial charge in [-0.05, 0) is 44.0 Å². The summed E-state index contributed by atoms with van der Waals surface area (Å²) < 4.78 is 32.2. The molecule has 3 rings (SSSR count). The molecule has 1 aliphatic heterocycles. The Morgan fingerprint density at radius 1 is 1.28 bits per heavy atom. The van der Waals surface area contributed by atoms with Crippen molar-refractivity contribution in [2.24, 2.45) is 5.92 Å². The van der Waals surface area contributed by atoms with Crippen LogP contribution in [0.25, 0.3) is 0 Å². The van der Waals surface area contributed by atoms with E-state index in [0.29, 0.717) is 31.7 Å². The van der Waals surface area contributed by atoms with Gasteiger partial charge in [-0.15, -0.1) is 0 Å². The van der Waals surface area contributed by atoms with Crippen molar-refractivity contribution in [1.29, 1.82) is 0 Å². The standard InChI is InChI=1S/C18H22N2O4S/c1-14-6-8-17(9-7-14)25(22,23)20-10-2-4-15(13-20)18(21)19-12-16-5-3-11-24-16/h3,5-9,11,15H,2,4,10,12-13H2,1H3,(H,19,21)/t15-/m1/s1. The number of nitrogens with one attached hydrogen (secondary N) is 1. The zero-order valence-electron chi connectivity index (χ0n) is 14.1. The van der Waals surface area contributed by atoms with E-state index in [4.69, 9.17) is 4.42 Å². The maximum absolute atomic E-state index is 12.8. The van der Waals surface area contributed by atoms with Crippen molar-refractivity contribution in [1.82, 2.24) is 9.62 Å². The summed E-state index contributed by atoms with van der Waals surface area (Å²) in [5, 5.41) is 2.82. The molecular formula is C18H22N2O4S. The van der Waals surface area contributed by atoms with Crippen LogP contribution in [-0.4, -0.2) is 31.7 Å². The Morgan fingerprint density at radius 2 is 2.04 bits per heavy atom. The third-order valence-corrected chi connectivity index (χ3v) is 6.31. The van der Waals surface area contributed by atoms with Crippen LogP contribution < -0.4 is 5.32 Å². The Hall–Kier alpha value is -2.12. The smallest absolute Gasteiger partial charge is 0.243 e. The summed E-state index contributed by atoms with van der Waals surface area (Å²) in [5.74, 6) is 0.192. The molecule has 1 aromatic carbocycles. The van der Waals surface area contributed by atoms with E-state index in [0.717, 1.165) is 5.56 Å². The first-order chi connectivity index (χ1) is 12.0. The topological polar surface area (TPSA) is 79.6 Å². The Balaban J connectivity index is 1.65. The molecule has 1 amide bonds. The average Bonchev–Trinajstić information content (AvgIpc) is 3.14. The van der Waals surface area contributed by atoms with Crippen molar-refractivity contribution in [3.05, 3.63) is 54.0 Å². The molecule has 6 nitrogen and oxygen atoms in total. The first-order valence-electron chi connectivity index (χ1n) is 8.34. The highest BCUT2D eigenvalue weighted by atomic mass is 32.2. The number of benzene rings is 1. The zero-order valence-corrected chi connectivity index (χ0v) is 15.0. The number of rotatable bonds is 5. The van der Waals surface area contributed by atoms with Crippen LogP contribution in [-0.2, 0) is 21.4 Å². The molecule has 0 radical (unpaired) electrons. The molecule has 0 bridgehead atoms. The Kier molecular flexibility index (Phi) is 5.24. The second kappa shape index (κ2) is 7.41. The monoisotopic (exact) mass is 362 g/mol. The van der Waals surface area contributed by atoms with E-state index >= 15 is 0 Å². The molecule has 1 saturated heterocycles. The van der Waals surface area contributed by atoms with Gasteiger partial charge >= 0.3 is 0 Å². The van der Waals surface area contributed by atoms with Crippen molar-refractivity contribution >= 4 is 15.9 Å². The lowest BCUT2D eigenvalue weighted by molar-refractivity contribution is -0.126. The number of amides is 1. The molecule has 1 N–H and O–H groups in total. The molecule has 1 aliphatic rings. The summed E-state index contributed by atoms with van der Waals surface area (Å²) in [4.78, 5) is 12.6. The highest BCUT2D eigenvalue weighted by Crippen LogP contribution is 2.24. The molecule has 0 saturated carbocycles. The van der Waals surface area contributed by atoms with Gasteiger partial charge in [-0.1, -0.05) is 17.7 Å². The van der Waals surface area contributed by atoms with Crippen LogP contribution in [0, 0.1) is 12.8 Å². The highest BCUT2D eigenvalue weighted by molar-refractivity contribution is 7.89. The van der Waals surface area contributed by atoms with Gasteiger partial charge < -0.3 is 9.73 Å². The number of piperidine rings is 1. The van der Waals surface area contributed by atoms with Crippen LogP contribution in [0.4, 0.5) is 0 Å². The summed E-state index contributed by atoms with van der Waals surface area (Å²) in [7, 11) is -3.57. The second-order valence-electron chi connectivity index (χ2n) is 6.31. The van der Waals surface area contributed by atoms with Gasteiger partial charge in [-0.3, -0.25) is 4.79 Å². The van der Waals surface area contributed by atoms with E-state index in [2.05, 4.69) is 5.32 Å². The molecule has 2 heterocycles. The molecule has 0 unspecified atom stereocenters. The lowest BCUT2D eigenvalue weighted by Crippen LogP contribution is -2.45. The maximum Gasteiger partial charge on any atom is 0.243 e. The Labute approximate surface area is 147 Å². The predicted molar refractivity (Wildman–Crippen MR) is 93.2 cm³/mol. The molecule has 1 aromatic heterocycles. The van der Waals surface area contributed by atoms with Crippen molar-refractivity contribution in [2.75, 3.05) is 13.1 Å². The quantitative estimate of drug-likeness (QED) is 0.885. The first-order valence-corrected chi connectivity index (χ1v) is 9.78. The molecule has 7 heteroatoms. The lowest BCUT2D eigenvalue weighted by Gasteiger charge is -2.31. The van der Waals surface area contributed by atoms with Crippen LogP contribution in [0.15, 0.2) is 52.0 Å². The lowest BCUT2D eigenvalue weighted by atomic mass is 9.99. The van der Waals surface area contributed by atoms with E-state index in [1.165, 1.54) is 4.31 Å². The van der Waals surface area contributed by atoms with E-state index < -0.39 is 10.0 Å². The van der Waals surface area contributed by atoms with Gasteiger partial charge in [0, 0.05) is 13.1 Å². The summed E-state index contributed by atoms with van der Waals surface area (Å²) >= 11 is 0. The van der Waals surface area contributed by atoms with Crippen LogP contribution >= 0.6 is 0 Å². The molecule has 25 heavy (non-hydrogen) atoms. The van der Waals surface area contributed by atoms with Crippen LogP contribution in [0.1, 0.15) is 24.2 Å². The largest absolute Gasteiger partial charge is 0.467 e. The fraction of sp³-hybridized carbons (Fsp3) is 0.389. The van der Waals surface area contributed by atoms with Gasteiger partial charge in [0.1, 0.15) is 5.76 Å². The first kappa shape index (κ1) is 17.7. The third kappa shape index (κ3) is 4.11. The van der Waals surface area contributed by atoms with E-state index in [9.17, 15) is 13.2 Å². The molecular weight excluding hydrogens is 340 g/mol. The van der Waals surface area contributed by atoms with E-state index in [1.54, 1.807) is 42.7 Å². The van der Waals surface area contributed by atoms with Crippen molar-refractivity contribution in [3.63, 3.8) is 0 Å². The van der Waals surface area contributed by atoms with Crippen LogP contribution in [0.2, 0.25) is 0 Å². The molecule has 1 atom stereocenters. The highest BCUT2D eigenvalue weighted by Gasteiger charge is 2.33. The number of hydrogen-bond acceptors (Lipinski definition) is 4. The number of nitrogens with zero attached hydrogens (tertiary/aromatic N) is 1. The van der Waals surface area contributed by atoms with Crippen LogP contribution in [0.5, 0.6) is 0 Å². The van der Waals surface area contributed by atoms with E-state index in [1.807, 2.05) is 6.92 Å². The summed E-state index contributed by atoms with van der Waals surface area (Å²) in [6.07, 6.45) is 2.91. The van der Waals surface area contributed by atoms with Gasteiger partial charge in [0.05, 0.1) is 23.6 Å². The predicted octanol–water partition coefficient (Wildman–Crippen LogP) is 2.31. The number of furan rings is 1. The van der Waals surface area contributed by atoms with Gasteiger partial charge in [-0.2, -0.15) is 4.31 Å². The van der Waals surface area contributed by atoms with Gasteiger partial charge in [-0.25, -0.2) is 8.42 Å². The van der Waals surface area contributed by atoms with Crippen molar-refractivity contribution in [2.45, 2.75) is 31.2 Å². The van der Waals surface area contributed by atoms with Gasteiger partial charge in [0.2, 0.25) is 15.9 Å². The summed E-state index contributed by atoms with van der Waals surface area (Å²) in [6, 6.07) is 10.3. The third-order valence-electron chi connectivity index (χ3n) is 4.43. The Bertz CT molecular complexity index is 813. The van der Waals surface area contributed by atoms with Crippen molar-refractivity contribution < 1.29 is 17.6 Å². The number of sulfonamides is 1. The number of aryl methyl sites for hydroxylation is 1. The zero-order chi connectivity index (χ0) is 17.9. The molecule has 0 aliphatic carbocycles. The number of hydrogen-bond donors (Lipinski definition) is 1. The van der Waals surface area contributed by atoms with Gasteiger partial charge in [0.25, 0.3) is 0 Å².